The molecule has 1 atom stereocenters. The first kappa shape index (κ1) is 10.5. The van der Waals surface area contributed by atoms with Crippen LogP contribution in [0.25, 0.3) is 0 Å². The van der Waals surface area contributed by atoms with E-state index in [9.17, 15) is 0 Å². The van der Waals surface area contributed by atoms with Crippen molar-refractivity contribution in [3.05, 3.63) is 12.3 Å². The summed E-state index contributed by atoms with van der Waals surface area (Å²) >= 11 is 0. The van der Waals surface area contributed by atoms with E-state index in [1.807, 2.05) is 7.05 Å². The molecule has 66 valence electrons. The summed E-state index contributed by atoms with van der Waals surface area (Å²) in [4.78, 5) is 0. The number of hydrogen-bond donors (Lipinski definition) is 2. The van der Waals surface area contributed by atoms with E-state index in [-0.39, 0.29) is 0 Å². The quantitative estimate of drug-likeness (QED) is 0.630. The van der Waals surface area contributed by atoms with Gasteiger partial charge in [0.1, 0.15) is 0 Å². The predicted octanol–water partition coefficient (Wildman–Crippen LogP) is 1.50. The summed E-state index contributed by atoms with van der Waals surface area (Å²) in [7, 11) is 1.96. The van der Waals surface area contributed by atoms with Gasteiger partial charge in [-0.3, -0.25) is 0 Å². The highest BCUT2D eigenvalue weighted by Gasteiger charge is 2.07. The lowest BCUT2D eigenvalue weighted by molar-refractivity contribution is 0.541. The van der Waals surface area contributed by atoms with Crippen LogP contribution in [0.4, 0.5) is 0 Å². The SMILES string of the molecule is C=C(NC(C)C)C(CC)NC. The van der Waals surface area contributed by atoms with Gasteiger partial charge >= 0.3 is 0 Å². The Labute approximate surface area is 70.1 Å². The first-order chi connectivity index (χ1) is 5.11. The molecule has 1 unspecified atom stereocenters. The van der Waals surface area contributed by atoms with Crippen LogP contribution in [0.15, 0.2) is 12.3 Å². The van der Waals surface area contributed by atoms with E-state index in [1.165, 1.54) is 0 Å². The average molecular weight is 156 g/mol. The molecule has 0 aliphatic rings. The van der Waals surface area contributed by atoms with Gasteiger partial charge in [-0.05, 0) is 27.3 Å². The van der Waals surface area contributed by atoms with E-state index < -0.39 is 0 Å². The molecule has 0 radical (unpaired) electrons. The Morgan fingerprint density at radius 2 is 2.00 bits per heavy atom. The smallest absolute Gasteiger partial charge is 0.0458 e. The summed E-state index contributed by atoms with van der Waals surface area (Å²) in [6, 6.07) is 0.877. The van der Waals surface area contributed by atoms with Gasteiger partial charge in [-0.25, -0.2) is 0 Å². The van der Waals surface area contributed by atoms with E-state index in [1.54, 1.807) is 0 Å². The first-order valence-electron chi connectivity index (χ1n) is 4.24. The van der Waals surface area contributed by atoms with Crippen molar-refractivity contribution in [3.63, 3.8) is 0 Å². The van der Waals surface area contributed by atoms with Gasteiger partial charge in [-0.1, -0.05) is 13.5 Å². The first-order valence-corrected chi connectivity index (χ1v) is 4.24. The minimum Gasteiger partial charge on any atom is -0.385 e. The van der Waals surface area contributed by atoms with Crippen molar-refractivity contribution in [3.8, 4) is 0 Å². The van der Waals surface area contributed by atoms with Crippen molar-refractivity contribution in [2.75, 3.05) is 7.05 Å². The van der Waals surface area contributed by atoms with Crippen LogP contribution in [0.2, 0.25) is 0 Å². The highest BCUT2D eigenvalue weighted by molar-refractivity contribution is 5.02. The summed E-state index contributed by atoms with van der Waals surface area (Å²) in [6.07, 6.45) is 1.08. The molecule has 2 N–H and O–H groups in total. The molecule has 0 saturated carbocycles. The number of likely N-dealkylation sites (N-methyl/N-ethyl adjacent to an activating group) is 1. The molecule has 0 aromatic rings. The van der Waals surface area contributed by atoms with Crippen LogP contribution < -0.4 is 10.6 Å². The molecule has 0 spiro atoms. The highest BCUT2D eigenvalue weighted by Crippen LogP contribution is 2.00. The zero-order chi connectivity index (χ0) is 8.85. The summed E-state index contributed by atoms with van der Waals surface area (Å²) in [5.41, 5.74) is 1.09. The van der Waals surface area contributed by atoms with Crippen LogP contribution >= 0.6 is 0 Å². The van der Waals surface area contributed by atoms with Crippen molar-refractivity contribution in [1.82, 2.24) is 10.6 Å². The third-order valence-electron chi connectivity index (χ3n) is 1.65. The lowest BCUT2D eigenvalue weighted by Crippen LogP contribution is -2.35. The minimum absolute atomic E-state index is 0.400. The molecule has 0 bridgehead atoms. The van der Waals surface area contributed by atoms with Gasteiger partial charge in [0, 0.05) is 17.8 Å². The fourth-order valence-electron chi connectivity index (χ4n) is 1.10. The number of hydrogen-bond acceptors (Lipinski definition) is 2. The zero-order valence-electron chi connectivity index (χ0n) is 8.07. The molecule has 0 aromatic carbocycles. The Morgan fingerprint density at radius 3 is 2.27 bits per heavy atom. The van der Waals surface area contributed by atoms with Crippen LogP contribution in [0.3, 0.4) is 0 Å². The molecule has 2 nitrogen and oxygen atoms in total. The summed E-state index contributed by atoms with van der Waals surface area (Å²) in [5.74, 6) is 0. The van der Waals surface area contributed by atoms with Crippen molar-refractivity contribution in [2.45, 2.75) is 39.3 Å². The maximum atomic E-state index is 3.96. The Balaban J connectivity index is 3.79. The molecule has 0 aliphatic heterocycles. The molecule has 0 amide bonds. The lowest BCUT2D eigenvalue weighted by atomic mass is 10.1. The third kappa shape index (κ3) is 4.04. The molecule has 2 heteroatoms. The lowest BCUT2D eigenvalue weighted by Gasteiger charge is -2.20. The van der Waals surface area contributed by atoms with Gasteiger partial charge in [0.15, 0.2) is 0 Å². The van der Waals surface area contributed by atoms with Gasteiger partial charge in [0.2, 0.25) is 0 Å². The van der Waals surface area contributed by atoms with Crippen molar-refractivity contribution in [2.24, 2.45) is 0 Å². The largest absolute Gasteiger partial charge is 0.385 e. The van der Waals surface area contributed by atoms with Crippen LogP contribution in [-0.2, 0) is 0 Å². The second-order valence-corrected chi connectivity index (χ2v) is 3.07. The van der Waals surface area contributed by atoms with Crippen molar-refractivity contribution in [1.29, 1.82) is 0 Å². The van der Waals surface area contributed by atoms with Crippen LogP contribution in [0.5, 0.6) is 0 Å². The Kier molecular flexibility index (Phi) is 4.95. The van der Waals surface area contributed by atoms with Crippen LogP contribution in [0, 0.1) is 0 Å². The molecular weight excluding hydrogens is 136 g/mol. The summed E-state index contributed by atoms with van der Waals surface area (Å²) in [5, 5.41) is 6.48. The van der Waals surface area contributed by atoms with Crippen molar-refractivity contribution >= 4 is 0 Å². The van der Waals surface area contributed by atoms with Gasteiger partial charge in [-0.15, -0.1) is 0 Å². The maximum absolute atomic E-state index is 3.96. The maximum Gasteiger partial charge on any atom is 0.0458 e. The fourth-order valence-corrected chi connectivity index (χ4v) is 1.10. The standard InChI is InChI=1S/C9H20N2/c1-6-9(10-5)8(4)11-7(2)3/h7,9-11H,4,6H2,1-3,5H3. The van der Waals surface area contributed by atoms with E-state index >= 15 is 0 Å². The number of nitrogens with one attached hydrogen (secondary N) is 2. The Morgan fingerprint density at radius 1 is 1.45 bits per heavy atom. The third-order valence-corrected chi connectivity index (χ3v) is 1.65. The predicted molar refractivity (Wildman–Crippen MR) is 50.6 cm³/mol. The van der Waals surface area contributed by atoms with Gasteiger partial charge in [0.05, 0.1) is 0 Å². The molecule has 0 saturated heterocycles. The second kappa shape index (κ2) is 5.19. The van der Waals surface area contributed by atoms with Crippen LogP contribution in [0.1, 0.15) is 27.2 Å². The molecule has 0 heterocycles. The van der Waals surface area contributed by atoms with Gasteiger partial charge in [-0.2, -0.15) is 0 Å². The minimum atomic E-state index is 0.400. The molecule has 11 heavy (non-hydrogen) atoms. The molecule has 0 rings (SSSR count). The monoisotopic (exact) mass is 156 g/mol. The van der Waals surface area contributed by atoms with E-state index in [0.29, 0.717) is 12.1 Å². The average Bonchev–Trinajstić information content (AvgIpc) is 1.88. The Hall–Kier alpha value is -0.500. The normalized spacial score (nSPS) is 13.2. The number of rotatable bonds is 5. The second-order valence-electron chi connectivity index (χ2n) is 3.07. The molecule has 0 aliphatic carbocycles. The zero-order valence-corrected chi connectivity index (χ0v) is 8.07. The van der Waals surface area contributed by atoms with Crippen molar-refractivity contribution < 1.29 is 0 Å². The van der Waals surface area contributed by atoms with E-state index in [0.717, 1.165) is 12.1 Å². The van der Waals surface area contributed by atoms with E-state index in [4.69, 9.17) is 0 Å². The topological polar surface area (TPSA) is 24.1 Å². The van der Waals surface area contributed by atoms with Gasteiger partial charge in [0.25, 0.3) is 0 Å². The molecule has 0 fully saturated rings. The summed E-state index contributed by atoms with van der Waals surface area (Å²) < 4.78 is 0. The van der Waals surface area contributed by atoms with E-state index in [2.05, 4.69) is 38.0 Å². The van der Waals surface area contributed by atoms with Gasteiger partial charge < -0.3 is 10.6 Å². The Bertz CT molecular complexity index is 115. The fraction of sp³-hybridized carbons (Fsp3) is 0.778. The molecular formula is C9H20N2. The summed E-state index contributed by atoms with van der Waals surface area (Å²) in [6.45, 7) is 10.3. The molecule has 0 aromatic heterocycles. The highest BCUT2D eigenvalue weighted by atomic mass is 15.0. The van der Waals surface area contributed by atoms with Crippen LogP contribution in [-0.4, -0.2) is 19.1 Å².